The van der Waals surface area contributed by atoms with E-state index in [1.807, 2.05) is 5.32 Å². The van der Waals surface area contributed by atoms with Gasteiger partial charge in [0.05, 0.1) is 15.6 Å². The van der Waals surface area contributed by atoms with E-state index in [9.17, 15) is 28.9 Å². The Morgan fingerprint density at radius 2 is 1.78 bits per heavy atom. The van der Waals surface area contributed by atoms with Gasteiger partial charge in [0.15, 0.2) is 0 Å². The summed E-state index contributed by atoms with van der Waals surface area (Å²) in [5, 5.41) is 13.3. The third kappa shape index (κ3) is 3.86. The molecule has 0 atom stereocenters. The Bertz CT molecular complexity index is 1320. The Morgan fingerprint density at radius 3 is 2.47 bits per heavy atom. The lowest BCUT2D eigenvalue weighted by Crippen LogP contribution is -2.54. The first-order valence-corrected chi connectivity index (χ1v) is 9.33. The van der Waals surface area contributed by atoms with Crippen LogP contribution in [0.4, 0.5) is 20.6 Å². The van der Waals surface area contributed by atoms with E-state index in [2.05, 4.69) is 0 Å². The van der Waals surface area contributed by atoms with Gasteiger partial charge in [-0.05, 0) is 48.5 Å². The minimum atomic E-state index is -0.979. The van der Waals surface area contributed by atoms with Crippen LogP contribution in [0.5, 0.6) is 0 Å². The number of imide groups is 2. The second-order valence-electron chi connectivity index (χ2n) is 6.56. The fourth-order valence-corrected chi connectivity index (χ4v) is 3.23. The number of furan rings is 1. The Hall–Kier alpha value is -4.31. The first kappa shape index (κ1) is 20.9. The van der Waals surface area contributed by atoms with E-state index in [1.54, 1.807) is 0 Å². The summed E-state index contributed by atoms with van der Waals surface area (Å²) in [5.41, 5.74) is -0.292. The van der Waals surface area contributed by atoms with Crippen LogP contribution in [-0.4, -0.2) is 22.8 Å². The molecular formula is C21H11ClFN3O6. The number of nitrogens with one attached hydrogen (secondary N) is 1. The maximum atomic E-state index is 13.2. The van der Waals surface area contributed by atoms with Gasteiger partial charge in [-0.15, -0.1) is 0 Å². The summed E-state index contributed by atoms with van der Waals surface area (Å²) in [5.74, 6) is -2.20. The molecule has 1 aliphatic heterocycles. The molecule has 11 heteroatoms. The minimum absolute atomic E-state index is 0.0643. The number of nitro groups is 1. The monoisotopic (exact) mass is 455 g/mol. The molecule has 9 nitrogen and oxygen atoms in total. The predicted molar refractivity (Wildman–Crippen MR) is 111 cm³/mol. The van der Waals surface area contributed by atoms with Crippen LogP contribution in [-0.2, 0) is 9.59 Å². The van der Waals surface area contributed by atoms with Crippen LogP contribution in [0.1, 0.15) is 5.76 Å². The Balaban J connectivity index is 1.69. The number of non-ortho nitro benzene ring substituents is 1. The number of benzene rings is 2. The van der Waals surface area contributed by atoms with E-state index < -0.39 is 34.2 Å². The number of amides is 4. The number of urea groups is 1. The normalized spacial score (nSPS) is 15.2. The Morgan fingerprint density at radius 1 is 1.06 bits per heavy atom. The average molecular weight is 456 g/mol. The van der Waals surface area contributed by atoms with Gasteiger partial charge in [-0.1, -0.05) is 11.6 Å². The third-order valence-electron chi connectivity index (χ3n) is 4.53. The second-order valence-corrected chi connectivity index (χ2v) is 6.96. The lowest BCUT2D eigenvalue weighted by atomic mass is 10.1. The van der Waals surface area contributed by atoms with Crippen molar-refractivity contribution in [2.75, 3.05) is 4.90 Å². The zero-order valence-corrected chi connectivity index (χ0v) is 16.6. The van der Waals surface area contributed by atoms with E-state index in [1.165, 1.54) is 42.5 Å². The van der Waals surface area contributed by atoms with Gasteiger partial charge in [-0.3, -0.25) is 25.0 Å². The molecule has 2 aromatic carbocycles. The summed E-state index contributed by atoms with van der Waals surface area (Å²) in [6, 6.07) is 10.3. The van der Waals surface area contributed by atoms with Crippen LogP contribution < -0.4 is 10.2 Å². The molecule has 1 saturated heterocycles. The SMILES string of the molecule is O=C1NC(=O)N(c2ccc(F)cc2)C(=O)/C1=C/c1ccc(-c2cc([N+](=O)[O-])ccc2Cl)o1. The summed E-state index contributed by atoms with van der Waals surface area (Å²) in [4.78, 5) is 48.4. The number of hydrogen-bond donors (Lipinski definition) is 1. The molecule has 2 heterocycles. The van der Waals surface area contributed by atoms with Crippen LogP contribution in [0.2, 0.25) is 5.02 Å². The van der Waals surface area contributed by atoms with Crippen molar-refractivity contribution in [1.82, 2.24) is 5.32 Å². The topological polar surface area (TPSA) is 123 Å². The standard InChI is InChI=1S/C21H11ClFN3O6/c22-17-7-5-13(26(30)31)9-15(17)18-8-6-14(32-18)10-16-19(27)24-21(29)25(20(16)28)12-3-1-11(23)2-4-12/h1-10H,(H,24,27,29)/b16-10+. The van der Waals surface area contributed by atoms with E-state index in [0.717, 1.165) is 18.2 Å². The van der Waals surface area contributed by atoms with Crippen LogP contribution >= 0.6 is 11.6 Å². The first-order chi connectivity index (χ1) is 15.2. The zero-order chi connectivity index (χ0) is 23.0. The Labute approximate surface area is 183 Å². The van der Waals surface area contributed by atoms with Crippen LogP contribution in [0.15, 0.2) is 64.6 Å². The molecular weight excluding hydrogens is 445 g/mol. The van der Waals surface area contributed by atoms with Gasteiger partial charge < -0.3 is 4.42 Å². The molecule has 4 amide bonds. The molecule has 0 unspecified atom stereocenters. The predicted octanol–water partition coefficient (Wildman–Crippen LogP) is 4.31. The van der Waals surface area contributed by atoms with Crippen LogP contribution in [0, 0.1) is 15.9 Å². The van der Waals surface area contributed by atoms with Gasteiger partial charge in [0.25, 0.3) is 17.5 Å². The highest BCUT2D eigenvalue weighted by Crippen LogP contribution is 2.33. The second kappa shape index (κ2) is 8.08. The summed E-state index contributed by atoms with van der Waals surface area (Å²) in [7, 11) is 0. The summed E-state index contributed by atoms with van der Waals surface area (Å²) >= 11 is 6.11. The molecule has 0 aliphatic carbocycles. The van der Waals surface area contributed by atoms with Gasteiger partial charge in [0.2, 0.25) is 0 Å². The molecule has 160 valence electrons. The van der Waals surface area contributed by atoms with Crippen molar-refractivity contribution in [3.8, 4) is 11.3 Å². The zero-order valence-electron chi connectivity index (χ0n) is 15.9. The number of barbiturate groups is 1. The number of carbonyl (C=O) groups is 3. The number of halogens is 2. The highest BCUT2D eigenvalue weighted by atomic mass is 35.5. The summed E-state index contributed by atoms with van der Waals surface area (Å²) in [6.07, 6.45) is 1.12. The van der Waals surface area contributed by atoms with Crippen molar-refractivity contribution in [3.05, 3.63) is 86.9 Å². The number of rotatable bonds is 4. The van der Waals surface area contributed by atoms with E-state index in [4.69, 9.17) is 16.0 Å². The molecule has 0 spiro atoms. The fourth-order valence-electron chi connectivity index (χ4n) is 3.02. The largest absolute Gasteiger partial charge is 0.457 e. The van der Waals surface area contributed by atoms with Gasteiger partial charge in [0.1, 0.15) is 22.9 Å². The highest BCUT2D eigenvalue weighted by Gasteiger charge is 2.37. The first-order valence-electron chi connectivity index (χ1n) is 8.96. The van der Waals surface area contributed by atoms with Gasteiger partial charge >= 0.3 is 6.03 Å². The number of hydrogen-bond acceptors (Lipinski definition) is 6. The molecule has 1 aliphatic rings. The molecule has 32 heavy (non-hydrogen) atoms. The molecule has 4 rings (SSSR count). The number of carbonyl (C=O) groups excluding carboxylic acids is 3. The molecule has 0 bridgehead atoms. The maximum Gasteiger partial charge on any atom is 0.335 e. The van der Waals surface area contributed by atoms with Crippen LogP contribution in [0.3, 0.4) is 0 Å². The maximum absolute atomic E-state index is 13.2. The molecule has 1 N–H and O–H groups in total. The molecule has 0 saturated carbocycles. The Kier molecular flexibility index (Phi) is 5.29. The van der Waals surface area contributed by atoms with Gasteiger partial charge in [0, 0.05) is 17.7 Å². The highest BCUT2D eigenvalue weighted by molar-refractivity contribution is 6.39. The molecule has 1 fully saturated rings. The number of anilines is 1. The van der Waals surface area contributed by atoms with Gasteiger partial charge in [-0.25, -0.2) is 14.1 Å². The van der Waals surface area contributed by atoms with E-state index in [0.29, 0.717) is 4.90 Å². The molecule has 0 radical (unpaired) electrons. The summed E-state index contributed by atoms with van der Waals surface area (Å²) in [6.45, 7) is 0. The third-order valence-corrected chi connectivity index (χ3v) is 4.86. The molecule has 3 aromatic rings. The van der Waals surface area contributed by atoms with Gasteiger partial charge in [-0.2, -0.15) is 0 Å². The van der Waals surface area contributed by atoms with Crippen molar-refractivity contribution in [1.29, 1.82) is 0 Å². The van der Waals surface area contributed by atoms with Crippen LogP contribution in [0.25, 0.3) is 17.4 Å². The smallest absolute Gasteiger partial charge is 0.335 e. The van der Waals surface area contributed by atoms with E-state index in [-0.39, 0.29) is 33.5 Å². The quantitative estimate of drug-likeness (QED) is 0.270. The van der Waals surface area contributed by atoms with Crippen molar-refractivity contribution in [3.63, 3.8) is 0 Å². The number of nitro benzene ring substituents is 1. The van der Waals surface area contributed by atoms with Crippen molar-refractivity contribution in [2.45, 2.75) is 0 Å². The minimum Gasteiger partial charge on any atom is -0.457 e. The average Bonchev–Trinajstić information content (AvgIpc) is 3.21. The van der Waals surface area contributed by atoms with Crippen molar-refractivity contribution < 1.29 is 28.1 Å². The number of nitrogens with zero attached hydrogens (tertiary/aromatic N) is 2. The fraction of sp³-hybridized carbons (Fsp3) is 0. The lowest BCUT2D eigenvalue weighted by Gasteiger charge is -2.26. The molecule has 1 aromatic heterocycles. The van der Waals surface area contributed by atoms with Crippen molar-refractivity contribution >= 4 is 46.9 Å². The lowest BCUT2D eigenvalue weighted by molar-refractivity contribution is -0.384. The van der Waals surface area contributed by atoms with Crippen molar-refractivity contribution in [2.24, 2.45) is 0 Å². The van der Waals surface area contributed by atoms with E-state index >= 15 is 0 Å². The summed E-state index contributed by atoms with van der Waals surface area (Å²) < 4.78 is 18.8.